The van der Waals surface area contributed by atoms with Crippen LogP contribution in [0.2, 0.25) is 0 Å². The molecule has 0 aliphatic carbocycles. The number of rotatable bonds is 11. The molecule has 0 saturated heterocycles. The lowest BCUT2D eigenvalue weighted by molar-refractivity contribution is -0.138. The van der Waals surface area contributed by atoms with Crippen LogP contribution in [-0.2, 0) is 22.4 Å². The number of benzene rings is 2. The summed E-state index contributed by atoms with van der Waals surface area (Å²) in [4.78, 5) is 21.1. The van der Waals surface area contributed by atoms with Crippen molar-refractivity contribution in [3.05, 3.63) is 59.7 Å². The van der Waals surface area contributed by atoms with Crippen LogP contribution in [0, 0.1) is 0 Å². The van der Waals surface area contributed by atoms with E-state index < -0.39 is 11.9 Å². The zero-order valence-electron chi connectivity index (χ0n) is 14.4. The van der Waals surface area contributed by atoms with E-state index in [-0.39, 0.29) is 21.8 Å². The van der Waals surface area contributed by atoms with Crippen LogP contribution in [0.3, 0.4) is 0 Å². The van der Waals surface area contributed by atoms with E-state index in [4.69, 9.17) is 19.3 Å². The SMILES string of the molecule is O=C(O)CCc1ccc(OP=NPOc2ccc(CCC(=O)O)cc2)cc1. The van der Waals surface area contributed by atoms with Crippen LogP contribution in [0.25, 0.3) is 0 Å². The first kappa shape index (κ1) is 20.8. The molecule has 2 aromatic rings. The van der Waals surface area contributed by atoms with E-state index in [9.17, 15) is 9.59 Å². The molecule has 0 heterocycles. The van der Waals surface area contributed by atoms with E-state index in [1.54, 1.807) is 24.3 Å². The highest BCUT2D eigenvalue weighted by Gasteiger charge is 2.01. The maximum Gasteiger partial charge on any atom is 0.303 e. The summed E-state index contributed by atoms with van der Waals surface area (Å²) in [6, 6.07) is 14.5. The average molecular weight is 407 g/mol. The molecule has 0 aliphatic rings. The largest absolute Gasteiger partial charge is 0.481 e. The first-order valence-electron chi connectivity index (χ1n) is 8.13. The van der Waals surface area contributed by atoms with Crippen molar-refractivity contribution in [2.75, 3.05) is 0 Å². The van der Waals surface area contributed by atoms with Gasteiger partial charge in [-0.25, -0.2) is 0 Å². The molecule has 2 N–H and O–H groups in total. The van der Waals surface area contributed by atoms with Gasteiger partial charge in [0.25, 0.3) is 0 Å². The molecule has 0 aliphatic heterocycles. The summed E-state index contributed by atoms with van der Waals surface area (Å²) in [5.74, 6) is -0.325. The summed E-state index contributed by atoms with van der Waals surface area (Å²) < 4.78 is 15.1. The molecule has 0 fully saturated rings. The molecule has 142 valence electrons. The summed E-state index contributed by atoms with van der Waals surface area (Å²) in [6.07, 6.45) is 1.19. The quantitative estimate of drug-likeness (QED) is 0.522. The van der Waals surface area contributed by atoms with Gasteiger partial charge in [0.05, 0.1) is 0 Å². The van der Waals surface area contributed by atoms with Crippen molar-refractivity contribution < 1.29 is 28.8 Å². The molecule has 0 saturated carbocycles. The van der Waals surface area contributed by atoms with Gasteiger partial charge in [0, 0.05) is 12.8 Å². The van der Waals surface area contributed by atoms with Crippen LogP contribution in [0.4, 0.5) is 0 Å². The van der Waals surface area contributed by atoms with Gasteiger partial charge < -0.3 is 19.3 Å². The first-order chi connectivity index (χ1) is 13.0. The Labute approximate surface area is 160 Å². The van der Waals surface area contributed by atoms with Gasteiger partial charge in [-0.15, -0.1) is 0 Å². The predicted octanol–water partition coefficient (Wildman–Crippen LogP) is 4.73. The molecule has 0 spiro atoms. The number of aliphatic carboxylic acids is 2. The van der Waals surface area contributed by atoms with Gasteiger partial charge in [-0.2, -0.15) is 4.52 Å². The lowest BCUT2D eigenvalue weighted by Gasteiger charge is -2.03. The topological polar surface area (TPSA) is 105 Å². The second kappa shape index (κ2) is 11.3. The second-order valence-electron chi connectivity index (χ2n) is 5.54. The van der Waals surface area contributed by atoms with Crippen LogP contribution >= 0.6 is 17.6 Å². The predicted molar refractivity (Wildman–Crippen MR) is 104 cm³/mol. The molecule has 1 atom stereocenters. The minimum Gasteiger partial charge on any atom is -0.481 e. The van der Waals surface area contributed by atoms with Gasteiger partial charge >= 0.3 is 11.9 Å². The zero-order chi connectivity index (χ0) is 19.5. The van der Waals surface area contributed by atoms with E-state index in [2.05, 4.69) is 4.52 Å². The molecule has 9 heteroatoms. The minimum absolute atomic E-state index is 0.104. The molecule has 1 unspecified atom stereocenters. The highest BCUT2D eigenvalue weighted by molar-refractivity contribution is 7.39. The summed E-state index contributed by atoms with van der Waals surface area (Å²) in [5, 5.41) is 17.3. The third-order valence-corrected chi connectivity index (χ3v) is 4.77. The highest BCUT2D eigenvalue weighted by Crippen LogP contribution is 2.27. The van der Waals surface area contributed by atoms with Crippen LogP contribution in [0.5, 0.6) is 11.5 Å². The van der Waals surface area contributed by atoms with Crippen molar-refractivity contribution in [3.8, 4) is 11.5 Å². The molecule has 0 aromatic heterocycles. The van der Waals surface area contributed by atoms with E-state index in [0.29, 0.717) is 32.9 Å². The molecular weight excluding hydrogens is 388 g/mol. The number of hydrogen-bond acceptors (Lipinski definition) is 5. The van der Waals surface area contributed by atoms with Gasteiger partial charge in [-0.05, 0) is 48.2 Å². The molecule has 2 aromatic carbocycles. The van der Waals surface area contributed by atoms with E-state index in [1.165, 1.54) is 0 Å². The van der Waals surface area contributed by atoms with Crippen molar-refractivity contribution >= 4 is 29.5 Å². The van der Waals surface area contributed by atoms with E-state index in [0.717, 1.165) is 11.1 Å². The summed E-state index contributed by atoms with van der Waals surface area (Å²) in [5.41, 5.74) is 1.88. The fourth-order valence-electron chi connectivity index (χ4n) is 2.10. The Bertz CT molecular complexity index is 777. The number of carboxylic acids is 2. The Balaban J connectivity index is 1.70. The number of carbonyl (C=O) groups is 2. The van der Waals surface area contributed by atoms with Crippen molar-refractivity contribution in [1.82, 2.24) is 0 Å². The Morgan fingerprint density at radius 2 is 1.33 bits per heavy atom. The third-order valence-electron chi connectivity index (χ3n) is 3.49. The summed E-state index contributed by atoms with van der Waals surface area (Å²) >= 11 is 0. The van der Waals surface area contributed by atoms with Crippen molar-refractivity contribution in [2.45, 2.75) is 25.7 Å². The van der Waals surface area contributed by atoms with E-state index in [1.807, 2.05) is 24.3 Å². The molecule has 0 bridgehead atoms. The second-order valence-corrected chi connectivity index (χ2v) is 7.07. The lowest BCUT2D eigenvalue weighted by Crippen LogP contribution is -1.97. The number of aryl methyl sites for hydroxylation is 2. The van der Waals surface area contributed by atoms with Crippen LogP contribution in [-0.4, -0.2) is 22.2 Å². The zero-order valence-corrected chi connectivity index (χ0v) is 16.3. The summed E-state index contributed by atoms with van der Waals surface area (Å²) in [6.45, 7) is 0. The Morgan fingerprint density at radius 1 is 0.852 bits per heavy atom. The number of carboxylic acid groups (broad SMARTS) is 2. The first-order valence-corrected chi connectivity index (χ1v) is 9.75. The summed E-state index contributed by atoms with van der Waals surface area (Å²) in [7, 11) is 0.288. The molecule has 27 heavy (non-hydrogen) atoms. The normalized spacial score (nSPS) is 11.1. The monoisotopic (exact) mass is 407 g/mol. The molecule has 7 nitrogen and oxygen atoms in total. The molecular formula is C18H19NO6P2. The van der Waals surface area contributed by atoms with Gasteiger partial charge in [0.2, 0.25) is 17.6 Å². The van der Waals surface area contributed by atoms with Crippen molar-refractivity contribution in [1.29, 1.82) is 0 Å². The Morgan fingerprint density at radius 3 is 1.81 bits per heavy atom. The van der Waals surface area contributed by atoms with Gasteiger partial charge in [0.15, 0.2) is 0 Å². The van der Waals surface area contributed by atoms with Gasteiger partial charge in [-0.1, -0.05) is 24.3 Å². The van der Waals surface area contributed by atoms with Crippen molar-refractivity contribution in [2.24, 2.45) is 4.52 Å². The fourth-order valence-corrected chi connectivity index (χ4v) is 3.02. The van der Waals surface area contributed by atoms with Crippen LogP contribution in [0.1, 0.15) is 24.0 Å². The maximum absolute atomic E-state index is 10.5. The highest BCUT2D eigenvalue weighted by atomic mass is 31.1. The lowest BCUT2D eigenvalue weighted by atomic mass is 10.1. The Hall–Kier alpha value is -2.49. The smallest absolute Gasteiger partial charge is 0.303 e. The van der Waals surface area contributed by atoms with Gasteiger partial charge in [0.1, 0.15) is 11.5 Å². The van der Waals surface area contributed by atoms with Crippen LogP contribution < -0.4 is 9.05 Å². The average Bonchev–Trinajstić information content (AvgIpc) is 2.66. The standard InChI is InChI=1S/C18H19NO6P2/c20-17(21)11-5-13-1-7-15(8-2-13)24-26-19-27-25-16-9-3-14(4-10-16)6-12-18(22)23/h1-4,7-10,26H,5-6,11-12H2,(H,20,21)(H,22,23). The minimum atomic E-state index is -0.816. The van der Waals surface area contributed by atoms with Gasteiger partial charge in [-0.3, -0.25) is 9.59 Å². The number of nitrogens with zero attached hydrogens (tertiary/aromatic N) is 1. The Kier molecular flexibility index (Phi) is 8.69. The third kappa shape index (κ3) is 8.63. The molecule has 2 rings (SSSR count). The van der Waals surface area contributed by atoms with Crippen LogP contribution in [0.15, 0.2) is 53.0 Å². The molecule has 0 radical (unpaired) electrons. The molecule has 0 amide bonds. The van der Waals surface area contributed by atoms with Crippen molar-refractivity contribution in [3.63, 3.8) is 0 Å². The fraction of sp³-hybridized carbons (Fsp3) is 0.222. The maximum atomic E-state index is 10.5. The van der Waals surface area contributed by atoms with E-state index >= 15 is 0 Å². The number of hydrogen-bond donors (Lipinski definition) is 2.